The van der Waals surface area contributed by atoms with Crippen molar-refractivity contribution in [1.29, 1.82) is 0 Å². The highest BCUT2D eigenvalue weighted by atomic mass is 35.5. The molecule has 4 aromatic rings. The summed E-state index contributed by atoms with van der Waals surface area (Å²) in [6.45, 7) is 0. The molecule has 4 N–H and O–H groups in total. The Morgan fingerprint density at radius 3 is 2.53 bits per heavy atom. The quantitative estimate of drug-likeness (QED) is 0.311. The van der Waals surface area contributed by atoms with Gasteiger partial charge in [0.15, 0.2) is 9.84 Å². The Kier molecular flexibility index (Phi) is 7.13. The zero-order valence-corrected chi connectivity index (χ0v) is 20.4. The molecule has 0 spiro atoms. The number of carbonyl (C=O) groups is 1. The number of primary amides is 1. The maximum Gasteiger partial charge on any atom is 0.267 e. The third kappa shape index (κ3) is 5.58. The van der Waals surface area contributed by atoms with Gasteiger partial charge in [0, 0.05) is 24.2 Å². The van der Waals surface area contributed by atoms with E-state index in [-0.39, 0.29) is 32.8 Å². The van der Waals surface area contributed by atoms with Crippen LogP contribution in [0.3, 0.4) is 0 Å². The Balaban J connectivity index is 1.83. The molecular weight excluding hydrogens is 507 g/mol. The van der Waals surface area contributed by atoms with E-state index >= 15 is 4.39 Å². The standard InChI is InChI=1S/C24H20ClFN6O3S/c1-36(34,35)14-8-9-17(20(13-14)32-24-29-12-10-19(31-24)23(27)33)30-22(18-7-2-3-11-28-18)15-5-4-6-16(25)21(15)26/h2-13,22,30H,1H3,(H2,27,33)(H,29,31,32)/t22-/m0/s1. The van der Waals surface area contributed by atoms with Crippen molar-refractivity contribution < 1.29 is 17.6 Å². The maximum atomic E-state index is 15.1. The molecule has 12 heteroatoms. The van der Waals surface area contributed by atoms with E-state index in [0.717, 1.165) is 6.26 Å². The number of sulfone groups is 1. The van der Waals surface area contributed by atoms with E-state index in [1.165, 1.54) is 36.5 Å². The van der Waals surface area contributed by atoms with Crippen LogP contribution in [-0.2, 0) is 9.84 Å². The van der Waals surface area contributed by atoms with E-state index in [0.29, 0.717) is 11.4 Å². The van der Waals surface area contributed by atoms with Gasteiger partial charge < -0.3 is 16.4 Å². The summed E-state index contributed by atoms with van der Waals surface area (Å²) in [6.07, 6.45) is 3.98. The molecule has 36 heavy (non-hydrogen) atoms. The third-order valence-electron chi connectivity index (χ3n) is 5.15. The summed E-state index contributed by atoms with van der Waals surface area (Å²) in [5, 5.41) is 6.08. The van der Waals surface area contributed by atoms with E-state index < -0.39 is 27.6 Å². The van der Waals surface area contributed by atoms with Crippen molar-refractivity contribution in [1.82, 2.24) is 15.0 Å². The molecule has 1 atom stereocenters. The minimum atomic E-state index is -3.57. The first-order valence-corrected chi connectivity index (χ1v) is 12.8. The molecule has 2 heterocycles. The molecule has 1 amide bonds. The van der Waals surface area contributed by atoms with Crippen LogP contribution < -0.4 is 16.4 Å². The van der Waals surface area contributed by atoms with Crippen molar-refractivity contribution in [3.8, 4) is 0 Å². The van der Waals surface area contributed by atoms with Crippen LogP contribution in [0.2, 0.25) is 5.02 Å². The van der Waals surface area contributed by atoms with Gasteiger partial charge in [-0.1, -0.05) is 29.8 Å². The van der Waals surface area contributed by atoms with E-state index in [4.69, 9.17) is 17.3 Å². The third-order valence-corrected chi connectivity index (χ3v) is 6.55. The summed E-state index contributed by atoms with van der Waals surface area (Å²) < 4.78 is 39.5. The molecule has 0 saturated carbocycles. The molecule has 0 aliphatic heterocycles. The number of hydrogen-bond donors (Lipinski definition) is 3. The number of hydrogen-bond acceptors (Lipinski definition) is 8. The van der Waals surface area contributed by atoms with Crippen LogP contribution in [0.5, 0.6) is 0 Å². The van der Waals surface area contributed by atoms with Crippen molar-refractivity contribution in [2.75, 3.05) is 16.9 Å². The van der Waals surface area contributed by atoms with Gasteiger partial charge in [-0.25, -0.2) is 22.8 Å². The van der Waals surface area contributed by atoms with Gasteiger partial charge in [-0.15, -0.1) is 0 Å². The molecule has 9 nitrogen and oxygen atoms in total. The molecular formula is C24H20ClFN6O3S. The molecule has 0 aliphatic rings. The molecule has 2 aromatic heterocycles. The first kappa shape index (κ1) is 25.0. The van der Waals surface area contributed by atoms with Crippen LogP contribution in [0.4, 0.5) is 21.7 Å². The highest BCUT2D eigenvalue weighted by Crippen LogP contribution is 2.35. The largest absolute Gasteiger partial charge is 0.371 e. The number of aromatic nitrogens is 3. The predicted molar refractivity (Wildman–Crippen MR) is 134 cm³/mol. The summed E-state index contributed by atoms with van der Waals surface area (Å²) in [5.74, 6) is -1.37. The van der Waals surface area contributed by atoms with Crippen LogP contribution in [0, 0.1) is 5.82 Å². The zero-order valence-electron chi connectivity index (χ0n) is 18.8. The van der Waals surface area contributed by atoms with E-state index in [1.807, 2.05) is 0 Å². The second kappa shape index (κ2) is 10.3. The van der Waals surface area contributed by atoms with Crippen LogP contribution in [0.25, 0.3) is 0 Å². The SMILES string of the molecule is CS(=O)(=O)c1ccc(N[C@H](c2ccccn2)c2cccc(Cl)c2F)c(Nc2nccc(C(N)=O)n2)c1. The van der Waals surface area contributed by atoms with Gasteiger partial charge in [0.05, 0.1) is 33.0 Å². The number of nitrogens with one attached hydrogen (secondary N) is 2. The van der Waals surface area contributed by atoms with Gasteiger partial charge >= 0.3 is 0 Å². The van der Waals surface area contributed by atoms with Crippen molar-refractivity contribution in [2.24, 2.45) is 5.73 Å². The number of rotatable bonds is 8. The average molecular weight is 527 g/mol. The van der Waals surface area contributed by atoms with Crippen LogP contribution in [0.1, 0.15) is 27.8 Å². The Morgan fingerprint density at radius 2 is 1.83 bits per heavy atom. The molecule has 0 aliphatic carbocycles. The number of nitrogens with zero attached hydrogens (tertiary/aromatic N) is 3. The van der Waals surface area contributed by atoms with Gasteiger partial charge in [0.1, 0.15) is 11.5 Å². The van der Waals surface area contributed by atoms with Crippen LogP contribution in [-0.4, -0.2) is 35.5 Å². The summed E-state index contributed by atoms with van der Waals surface area (Å²) in [6, 6.07) is 14.7. The molecule has 0 saturated heterocycles. The number of benzene rings is 2. The van der Waals surface area contributed by atoms with Gasteiger partial charge in [-0.3, -0.25) is 9.78 Å². The van der Waals surface area contributed by atoms with Gasteiger partial charge in [-0.2, -0.15) is 0 Å². The Bertz CT molecular complexity index is 1540. The molecule has 2 aromatic carbocycles. The van der Waals surface area contributed by atoms with Gasteiger partial charge in [0.2, 0.25) is 5.95 Å². The minimum absolute atomic E-state index is 0.00308. The van der Waals surface area contributed by atoms with Crippen molar-refractivity contribution in [3.05, 3.63) is 101 Å². The topological polar surface area (TPSA) is 140 Å². The summed E-state index contributed by atoms with van der Waals surface area (Å²) in [5.41, 5.74) is 6.62. The first-order valence-electron chi connectivity index (χ1n) is 10.5. The first-order chi connectivity index (χ1) is 17.1. The van der Waals surface area contributed by atoms with Crippen molar-refractivity contribution >= 4 is 44.7 Å². The lowest BCUT2D eigenvalue weighted by atomic mass is 10.0. The van der Waals surface area contributed by atoms with Crippen molar-refractivity contribution in [3.63, 3.8) is 0 Å². The van der Waals surface area contributed by atoms with E-state index in [2.05, 4.69) is 25.6 Å². The zero-order chi connectivity index (χ0) is 25.9. The number of anilines is 3. The van der Waals surface area contributed by atoms with Crippen LogP contribution >= 0.6 is 11.6 Å². The maximum absolute atomic E-state index is 15.1. The van der Waals surface area contributed by atoms with Gasteiger partial charge in [-0.05, 0) is 42.5 Å². The molecule has 0 bridgehead atoms. The Labute approximate surface area is 211 Å². The second-order valence-electron chi connectivity index (χ2n) is 7.71. The van der Waals surface area contributed by atoms with Gasteiger partial charge in [0.25, 0.3) is 5.91 Å². The monoisotopic (exact) mass is 526 g/mol. The molecule has 0 unspecified atom stereocenters. The number of pyridine rings is 1. The van der Waals surface area contributed by atoms with Crippen LogP contribution in [0.15, 0.2) is 78.0 Å². The summed E-state index contributed by atoms with van der Waals surface area (Å²) in [4.78, 5) is 24.0. The minimum Gasteiger partial charge on any atom is -0.371 e. The second-order valence-corrected chi connectivity index (χ2v) is 10.1. The fraction of sp³-hybridized carbons (Fsp3) is 0.0833. The smallest absolute Gasteiger partial charge is 0.267 e. The number of amides is 1. The molecule has 0 fully saturated rings. The highest BCUT2D eigenvalue weighted by molar-refractivity contribution is 7.90. The lowest BCUT2D eigenvalue weighted by molar-refractivity contribution is 0.0995. The fourth-order valence-electron chi connectivity index (χ4n) is 3.42. The Morgan fingerprint density at radius 1 is 1.03 bits per heavy atom. The number of halogens is 2. The lowest BCUT2D eigenvalue weighted by Gasteiger charge is -2.23. The summed E-state index contributed by atoms with van der Waals surface area (Å²) >= 11 is 6.04. The summed E-state index contributed by atoms with van der Waals surface area (Å²) in [7, 11) is -3.57. The lowest BCUT2D eigenvalue weighted by Crippen LogP contribution is -2.17. The van der Waals surface area contributed by atoms with Crippen molar-refractivity contribution in [2.45, 2.75) is 10.9 Å². The predicted octanol–water partition coefficient (Wildman–Crippen LogP) is 4.11. The molecule has 4 rings (SSSR count). The average Bonchev–Trinajstić information content (AvgIpc) is 2.85. The molecule has 184 valence electrons. The Hall–Kier alpha value is -4.09. The highest BCUT2D eigenvalue weighted by Gasteiger charge is 2.23. The van der Waals surface area contributed by atoms with E-state index in [9.17, 15) is 13.2 Å². The molecule has 0 radical (unpaired) electrons. The number of carbonyl (C=O) groups excluding carboxylic acids is 1. The van der Waals surface area contributed by atoms with E-state index in [1.54, 1.807) is 36.5 Å². The normalized spacial score (nSPS) is 12.1. The fourth-order valence-corrected chi connectivity index (χ4v) is 4.25. The number of nitrogens with two attached hydrogens (primary N) is 1.